The number of hydrogen-bond donors (Lipinski definition) is 0. The monoisotopic (exact) mass is 98.1 g/mol. The van der Waals surface area contributed by atoms with Gasteiger partial charge < -0.3 is 0 Å². The lowest BCUT2D eigenvalue weighted by molar-refractivity contribution is 2.15. The summed E-state index contributed by atoms with van der Waals surface area (Å²) in [6.45, 7) is 0. The van der Waals surface area contributed by atoms with E-state index in [1.54, 1.807) is 0 Å². The molecule has 0 aromatic rings. The lowest BCUT2D eigenvalue weighted by atomic mass is 10.6. The molecule has 1 heteroatoms. The Bertz CT molecular complexity index is 62.0. The fourth-order valence-corrected chi connectivity index (χ4v) is 1.18. The van der Waals surface area contributed by atoms with Crippen LogP contribution in [0.25, 0.3) is 0 Å². The molecule has 6 heavy (non-hydrogen) atoms. The summed E-state index contributed by atoms with van der Waals surface area (Å²) in [5, 5.41) is 0. The molecule has 0 aliphatic carbocycles. The number of allylic oxidation sites excluding steroid dienone is 2. The van der Waals surface area contributed by atoms with E-state index < -0.39 is 0 Å². The van der Waals surface area contributed by atoms with E-state index in [9.17, 15) is 0 Å². The molecule has 34 valence electrons. The number of hydrogen-bond acceptors (Lipinski definition) is 0. The summed E-state index contributed by atoms with van der Waals surface area (Å²) < 4.78 is 0. The lowest BCUT2D eigenvalue weighted by Crippen LogP contribution is -1.63. The Morgan fingerprint density at radius 1 is 1.00 bits per heavy atom. The zero-order valence-electron chi connectivity index (χ0n) is 3.02. The quantitative estimate of drug-likeness (QED) is 0.394. The molecule has 0 bridgehead atoms. The van der Waals surface area contributed by atoms with Gasteiger partial charge in [-0.25, -0.2) is 0 Å². The third-order valence-electron chi connectivity index (χ3n) is 0.655. The Morgan fingerprint density at radius 3 is 1.67 bits per heavy atom. The molecule has 0 atom stereocenters. The van der Waals surface area contributed by atoms with E-state index in [0.29, 0.717) is 0 Å². The highest BCUT2D eigenvalue weighted by Gasteiger charge is 1.73. The van der Waals surface area contributed by atoms with E-state index >= 15 is 0 Å². The molecule has 0 amide bonds. The molecule has 0 saturated carbocycles. The van der Waals surface area contributed by atoms with Crippen molar-refractivity contribution >= 4 is 9.52 Å². The maximum Gasteiger partial charge on any atom is 0.0691 e. The fraction of sp³-hybridized carbons (Fsp3) is 0.200. The first kappa shape index (κ1) is 5.70. The minimum Gasteiger partial charge on any atom is -0.0969 e. The van der Waals surface area contributed by atoms with E-state index in [0.717, 1.165) is 0 Å². The van der Waals surface area contributed by atoms with E-state index in [4.69, 9.17) is 0 Å². The van der Waals surface area contributed by atoms with Crippen LogP contribution in [-0.2, 0) is 0 Å². The summed E-state index contributed by atoms with van der Waals surface area (Å²) in [5.41, 5.74) is 4.53. The van der Waals surface area contributed by atoms with Crippen LogP contribution in [0.4, 0.5) is 0 Å². The second-order valence-corrected chi connectivity index (χ2v) is 2.51. The molecule has 0 aromatic carbocycles. The molecule has 0 N–H and O–H groups in total. The van der Waals surface area contributed by atoms with E-state index in [2.05, 4.69) is 23.6 Å². The first-order valence-corrected chi connectivity index (χ1v) is 3.45. The normalized spacial score (nSPS) is 14.7. The standard InChI is InChI=1S/C4H6Si.CH4/c1-2-4-5-3-1;/h1-4H,5H2;1H4. The second kappa shape index (κ2) is 2.91. The largest absolute Gasteiger partial charge is 0.0969 e. The Balaban J connectivity index is 0.000000250. The second-order valence-electron chi connectivity index (χ2n) is 1.09. The van der Waals surface area contributed by atoms with Crippen molar-refractivity contribution < 1.29 is 0 Å². The molecule has 0 aromatic heterocycles. The SMILES string of the molecule is C.C1=C[SiH2]C=C1. The van der Waals surface area contributed by atoms with Crippen LogP contribution in [0.1, 0.15) is 7.43 Å². The van der Waals surface area contributed by atoms with Gasteiger partial charge in [-0.1, -0.05) is 31.0 Å². The van der Waals surface area contributed by atoms with Crippen molar-refractivity contribution in [2.75, 3.05) is 0 Å². The van der Waals surface area contributed by atoms with E-state index in [1.165, 1.54) is 0 Å². The third kappa shape index (κ3) is 1.22. The highest BCUT2D eigenvalue weighted by atomic mass is 28.2. The predicted molar refractivity (Wildman–Crippen MR) is 33.6 cm³/mol. The van der Waals surface area contributed by atoms with Gasteiger partial charge in [-0.3, -0.25) is 0 Å². The average molecular weight is 98.2 g/mol. The van der Waals surface area contributed by atoms with E-state index in [1.807, 2.05) is 0 Å². The van der Waals surface area contributed by atoms with Crippen molar-refractivity contribution in [3.63, 3.8) is 0 Å². The molecule has 0 saturated heterocycles. The number of rotatable bonds is 0. The van der Waals surface area contributed by atoms with Gasteiger partial charge in [0.05, 0.1) is 9.52 Å². The van der Waals surface area contributed by atoms with Crippen LogP contribution < -0.4 is 0 Å². The molecule has 0 fully saturated rings. The van der Waals surface area contributed by atoms with Crippen molar-refractivity contribution in [1.29, 1.82) is 0 Å². The van der Waals surface area contributed by atoms with Gasteiger partial charge in [0.2, 0.25) is 0 Å². The van der Waals surface area contributed by atoms with Crippen molar-refractivity contribution in [2.24, 2.45) is 0 Å². The zero-order chi connectivity index (χ0) is 3.54. The Labute approximate surface area is 41.4 Å². The van der Waals surface area contributed by atoms with Gasteiger partial charge in [0, 0.05) is 0 Å². The van der Waals surface area contributed by atoms with E-state index in [-0.39, 0.29) is 16.9 Å². The topological polar surface area (TPSA) is 0 Å². The third-order valence-corrected chi connectivity index (χ3v) is 1.74. The van der Waals surface area contributed by atoms with Crippen LogP contribution >= 0.6 is 0 Å². The van der Waals surface area contributed by atoms with Crippen LogP contribution in [0.5, 0.6) is 0 Å². The van der Waals surface area contributed by atoms with Crippen LogP contribution in [0.15, 0.2) is 23.6 Å². The van der Waals surface area contributed by atoms with Crippen molar-refractivity contribution in [3.8, 4) is 0 Å². The summed E-state index contributed by atoms with van der Waals surface area (Å²) in [6, 6.07) is 0. The first-order valence-electron chi connectivity index (χ1n) is 1.82. The van der Waals surface area contributed by atoms with Gasteiger partial charge in [0.25, 0.3) is 0 Å². The predicted octanol–water partition coefficient (Wildman–Crippen LogP) is 0.832. The summed E-state index contributed by atoms with van der Waals surface area (Å²) in [7, 11) is 0.182. The molecule has 0 nitrogen and oxygen atoms in total. The smallest absolute Gasteiger partial charge is 0.0691 e. The maximum absolute atomic E-state index is 2.26. The minimum absolute atomic E-state index is 0. The zero-order valence-corrected chi connectivity index (χ0v) is 4.43. The van der Waals surface area contributed by atoms with Crippen molar-refractivity contribution in [3.05, 3.63) is 23.6 Å². The summed E-state index contributed by atoms with van der Waals surface area (Å²) in [6.07, 6.45) is 4.23. The fourth-order valence-electron chi connectivity index (χ4n) is 0.393. The molecule has 1 aliphatic heterocycles. The highest BCUT2D eigenvalue weighted by molar-refractivity contribution is 6.49. The van der Waals surface area contributed by atoms with Gasteiger partial charge in [0.15, 0.2) is 0 Å². The molecular weight excluding hydrogens is 88.1 g/mol. The Hall–Kier alpha value is -0.303. The minimum atomic E-state index is 0. The summed E-state index contributed by atoms with van der Waals surface area (Å²) in [4.78, 5) is 0. The van der Waals surface area contributed by atoms with Crippen LogP contribution in [0, 0.1) is 0 Å². The van der Waals surface area contributed by atoms with Gasteiger partial charge in [-0.15, -0.1) is 0 Å². The Morgan fingerprint density at radius 2 is 1.50 bits per heavy atom. The Kier molecular flexibility index (Phi) is 2.76. The molecule has 0 unspecified atom stereocenters. The van der Waals surface area contributed by atoms with Crippen molar-refractivity contribution in [2.45, 2.75) is 7.43 Å². The molecule has 1 heterocycles. The van der Waals surface area contributed by atoms with Crippen LogP contribution in [0.3, 0.4) is 0 Å². The summed E-state index contributed by atoms with van der Waals surface area (Å²) >= 11 is 0. The first-order chi connectivity index (χ1) is 2.50. The van der Waals surface area contributed by atoms with Gasteiger partial charge >= 0.3 is 0 Å². The van der Waals surface area contributed by atoms with Gasteiger partial charge in [-0.05, 0) is 0 Å². The molecule has 1 rings (SSSR count). The van der Waals surface area contributed by atoms with Gasteiger partial charge in [-0.2, -0.15) is 0 Å². The molecule has 0 spiro atoms. The van der Waals surface area contributed by atoms with Crippen LogP contribution in [0.2, 0.25) is 0 Å². The average Bonchev–Trinajstić information content (AvgIpc) is 1.76. The van der Waals surface area contributed by atoms with Crippen LogP contribution in [-0.4, -0.2) is 9.52 Å². The summed E-state index contributed by atoms with van der Waals surface area (Å²) in [5.74, 6) is 0. The molecular formula is C5H10Si. The van der Waals surface area contributed by atoms with Gasteiger partial charge in [0.1, 0.15) is 0 Å². The lowest BCUT2D eigenvalue weighted by Gasteiger charge is -1.54. The maximum atomic E-state index is 2.26. The van der Waals surface area contributed by atoms with Crippen molar-refractivity contribution in [1.82, 2.24) is 0 Å². The molecule has 1 aliphatic rings. The highest BCUT2D eigenvalue weighted by Crippen LogP contribution is 1.82. The molecule has 0 radical (unpaired) electrons.